The monoisotopic (exact) mass is 234 g/mol. The van der Waals surface area contributed by atoms with Crippen LogP contribution in [0.15, 0.2) is 0 Å². The summed E-state index contributed by atoms with van der Waals surface area (Å²) in [5.41, 5.74) is -0.657. The first-order chi connectivity index (χ1) is 7.04. The van der Waals surface area contributed by atoms with E-state index in [4.69, 9.17) is 1.37 Å². The van der Waals surface area contributed by atoms with Crippen molar-refractivity contribution in [2.24, 2.45) is 0 Å². The van der Waals surface area contributed by atoms with E-state index < -0.39 is 22.6 Å². The van der Waals surface area contributed by atoms with E-state index in [1.165, 1.54) is 0 Å². The molecule has 0 radical (unpaired) electrons. The van der Waals surface area contributed by atoms with E-state index >= 15 is 0 Å². The molecule has 4 heteroatoms. The third kappa shape index (κ3) is 4.21. The van der Waals surface area contributed by atoms with Gasteiger partial charge in [0.15, 0.2) is 0 Å². The van der Waals surface area contributed by atoms with Gasteiger partial charge in [-0.25, -0.2) is 8.93 Å². The summed E-state index contributed by atoms with van der Waals surface area (Å²) in [5, 5.41) is 9.81. The summed E-state index contributed by atoms with van der Waals surface area (Å²) in [5.74, 6) is 0. The first-order valence-corrected chi connectivity index (χ1v) is 6.61. The van der Waals surface area contributed by atoms with Crippen LogP contribution in [0, 0.1) is 0 Å². The van der Waals surface area contributed by atoms with Crippen LogP contribution in [0.4, 0.5) is 0 Å². The maximum atomic E-state index is 11.9. The van der Waals surface area contributed by atoms with Gasteiger partial charge in [0.2, 0.25) is 0 Å². The molecule has 15 heavy (non-hydrogen) atoms. The second-order valence-electron chi connectivity index (χ2n) is 5.58. The molecular weight excluding hydrogens is 210 g/mol. The highest BCUT2D eigenvalue weighted by Gasteiger charge is 2.30. The summed E-state index contributed by atoms with van der Waals surface area (Å²) in [4.78, 5) is 0. The van der Waals surface area contributed by atoms with Crippen LogP contribution >= 0.6 is 0 Å². The molecule has 0 aromatic carbocycles. The Morgan fingerprint density at radius 3 is 2.33 bits per heavy atom. The van der Waals surface area contributed by atoms with Gasteiger partial charge in [0, 0.05) is 7.39 Å². The third-order valence-corrected chi connectivity index (χ3v) is 4.31. The molecule has 0 aromatic heterocycles. The predicted octanol–water partition coefficient (Wildman–Crippen LogP) is 1.73. The van der Waals surface area contributed by atoms with Crippen molar-refractivity contribution in [3.63, 3.8) is 0 Å². The van der Waals surface area contributed by atoms with Crippen LogP contribution in [0.1, 0.15) is 54.7 Å². The van der Waals surface area contributed by atoms with Crippen molar-refractivity contribution in [1.29, 1.82) is 0 Å². The van der Waals surface area contributed by atoms with Gasteiger partial charge in [-0.05, 0) is 53.4 Å². The Labute approximate surface area is 96.6 Å². The molecule has 0 heterocycles. The van der Waals surface area contributed by atoms with Crippen molar-refractivity contribution in [3.8, 4) is 0 Å². The van der Waals surface area contributed by atoms with Gasteiger partial charge in [0.05, 0.1) is 21.3 Å². The van der Waals surface area contributed by atoms with Gasteiger partial charge in [-0.3, -0.25) is 0 Å². The van der Waals surface area contributed by atoms with Gasteiger partial charge in [-0.1, -0.05) is 0 Å². The Balaban J connectivity index is 2.58. The van der Waals surface area contributed by atoms with Crippen LogP contribution in [-0.4, -0.2) is 25.7 Å². The average molecular weight is 234 g/mol. The molecule has 0 amide bonds. The fourth-order valence-electron chi connectivity index (χ4n) is 1.48. The number of rotatable bonds is 2. The Morgan fingerprint density at radius 1 is 1.47 bits per heavy atom. The fraction of sp³-hybridized carbons (Fsp3) is 1.00. The van der Waals surface area contributed by atoms with Gasteiger partial charge >= 0.3 is 0 Å². The van der Waals surface area contributed by atoms with Crippen molar-refractivity contribution in [2.75, 3.05) is 0 Å². The fourth-order valence-corrected chi connectivity index (χ4v) is 2.25. The topological polar surface area (TPSA) is 49.3 Å². The van der Waals surface area contributed by atoms with Crippen molar-refractivity contribution in [3.05, 3.63) is 0 Å². The van der Waals surface area contributed by atoms with E-state index in [2.05, 4.69) is 4.72 Å². The van der Waals surface area contributed by atoms with Crippen molar-refractivity contribution in [1.82, 2.24) is 4.72 Å². The summed E-state index contributed by atoms with van der Waals surface area (Å²) >= 11 is 0. The minimum Gasteiger partial charge on any atom is -0.390 e. The molecule has 3 nitrogen and oxygen atoms in total. The summed E-state index contributed by atoms with van der Waals surface area (Å²) in [6.07, 6.45) is 2.26. The van der Waals surface area contributed by atoms with Crippen LogP contribution in [0.25, 0.3) is 0 Å². The SMILES string of the molecule is [2H]C1(NS(=O)C(C)(C)C)CCC(C)(O)CC1. The molecule has 1 aliphatic carbocycles. The predicted molar refractivity (Wildman–Crippen MR) is 63.9 cm³/mol. The van der Waals surface area contributed by atoms with Crippen molar-refractivity contribution < 1.29 is 10.7 Å². The lowest BCUT2D eigenvalue weighted by molar-refractivity contribution is 0.0164. The molecule has 0 bridgehead atoms. The van der Waals surface area contributed by atoms with Crippen molar-refractivity contribution in [2.45, 2.75) is 69.7 Å². The molecular formula is C11H23NO2S. The quantitative estimate of drug-likeness (QED) is 0.764. The lowest BCUT2D eigenvalue weighted by Gasteiger charge is -2.34. The van der Waals surface area contributed by atoms with Crippen LogP contribution < -0.4 is 4.72 Å². The highest BCUT2D eigenvalue weighted by atomic mass is 32.2. The van der Waals surface area contributed by atoms with Gasteiger partial charge in [0.1, 0.15) is 0 Å². The first kappa shape index (κ1) is 11.6. The summed E-state index contributed by atoms with van der Waals surface area (Å²) < 4.78 is 22.7. The standard InChI is InChI=1S/C11H23NO2S/c1-10(2,3)15(14)12-9-5-7-11(4,13)8-6-9/h9,12-13H,5-8H2,1-4H3/i9D. The number of aliphatic hydroxyl groups is 1. The molecule has 0 aliphatic heterocycles. The summed E-state index contributed by atoms with van der Waals surface area (Å²) in [7, 11) is -1.22. The summed E-state index contributed by atoms with van der Waals surface area (Å²) in [6.45, 7) is 7.46. The molecule has 1 aliphatic rings. The van der Waals surface area contributed by atoms with E-state index in [0.29, 0.717) is 25.7 Å². The van der Waals surface area contributed by atoms with Gasteiger partial charge in [-0.2, -0.15) is 0 Å². The molecule has 90 valence electrons. The van der Waals surface area contributed by atoms with E-state index in [-0.39, 0.29) is 4.75 Å². The van der Waals surface area contributed by atoms with E-state index in [9.17, 15) is 9.32 Å². The van der Waals surface area contributed by atoms with Gasteiger partial charge in [-0.15, -0.1) is 0 Å². The second kappa shape index (κ2) is 4.52. The van der Waals surface area contributed by atoms with Gasteiger partial charge in [0.25, 0.3) is 0 Å². The Hall–Kier alpha value is 0.0700. The average Bonchev–Trinajstić information content (AvgIpc) is 2.10. The molecule has 1 unspecified atom stereocenters. The summed E-state index contributed by atoms with van der Waals surface area (Å²) in [6, 6.07) is -0.847. The highest BCUT2D eigenvalue weighted by Crippen LogP contribution is 2.28. The van der Waals surface area contributed by atoms with Crippen LogP contribution in [0.3, 0.4) is 0 Å². The lowest BCUT2D eigenvalue weighted by atomic mass is 9.84. The number of hydrogen-bond acceptors (Lipinski definition) is 2. The van der Waals surface area contributed by atoms with Crippen LogP contribution in [0.5, 0.6) is 0 Å². The largest absolute Gasteiger partial charge is 0.390 e. The Kier molecular flexibility index (Phi) is 3.48. The van der Waals surface area contributed by atoms with E-state index in [0.717, 1.165) is 0 Å². The Bertz CT molecular complexity index is 276. The number of hydrogen-bond donors (Lipinski definition) is 2. The second-order valence-corrected chi connectivity index (χ2v) is 7.55. The molecule has 0 saturated heterocycles. The molecule has 1 atom stereocenters. The molecule has 1 saturated carbocycles. The zero-order valence-electron chi connectivity index (χ0n) is 11.1. The van der Waals surface area contributed by atoms with E-state index in [1.54, 1.807) is 6.92 Å². The van der Waals surface area contributed by atoms with Crippen molar-refractivity contribution >= 4 is 11.0 Å². The highest BCUT2D eigenvalue weighted by molar-refractivity contribution is 7.84. The third-order valence-electron chi connectivity index (χ3n) is 2.72. The first-order valence-electron chi connectivity index (χ1n) is 5.96. The number of nitrogens with one attached hydrogen (secondary N) is 1. The zero-order valence-corrected chi connectivity index (χ0v) is 10.9. The molecule has 1 rings (SSSR count). The Morgan fingerprint density at radius 2 is 1.93 bits per heavy atom. The smallest absolute Gasteiger partial charge is 0.0972 e. The minimum absolute atomic E-state index is 0.353. The zero-order chi connectivity index (χ0) is 12.6. The van der Waals surface area contributed by atoms with Crippen LogP contribution in [0.2, 0.25) is 0 Å². The molecule has 2 N–H and O–H groups in total. The normalized spacial score (nSPS) is 41.0. The van der Waals surface area contributed by atoms with Crippen LogP contribution in [-0.2, 0) is 11.0 Å². The molecule has 1 fully saturated rings. The maximum absolute atomic E-state index is 11.9. The lowest BCUT2D eigenvalue weighted by Crippen LogP contribution is -2.44. The maximum Gasteiger partial charge on any atom is 0.0972 e. The minimum atomic E-state index is -1.22. The van der Waals surface area contributed by atoms with Gasteiger partial charge < -0.3 is 5.11 Å². The van der Waals surface area contributed by atoms with E-state index in [1.807, 2.05) is 20.8 Å². The molecule has 0 aromatic rings. The molecule has 0 spiro atoms.